The second kappa shape index (κ2) is 4.73. The summed E-state index contributed by atoms with van der Waals surface area (Å²) in [5.41, 5.74) is 2.21. The van der Waals surface area contributed by atoms with Crippen LogP contribution in [0.15, 0.2) is 51.4 Å². The van der Waals surface area contributed by atoms with E-state index in [2.05, 4.69) is 9.97 Å². The lowest BCUT2D eigenvalue weighted by Crippen LogP contribution is -2.21. The number of furan rings is 1. The Balaban J connectivity index is 1.80. The average Bonchev–Trinajstić information content (AvgIpc) is 3.20. The molecule has 0 radical (unpaired) electrons. The summed E-state index contributed by atoms with van der Waals surface area (Å²) in [5, 5.41) is 0. The molecule has 3 heterocycles. The Morgan fingerprint density at radius 3 is 2.60 bits per heavy atom. The third-order valence-electron chi connectivity index (χ3n) is 4.29. The van der Waals surface area contributed by atoms with Crippen LogP contribution in [0.25, 0.3) is 22.6 Å². The standard InChI is InChI=1S/C19H10N2O4/c1-9-13(19-21-11-6-2-3-7-12(11)25-19)14-17(23)15-10(5-4-8-20-15)16(22)18(14)24-9/h2-8H,1H3. The number of hydrogen-bond donors (Lipinski definition) is 0. The molecule has 0 atom stereocenters. The number of para-hydroxylation sites is 2. The van der Waals surface area contributed by atoms with Gasteiger partial charge in [-0.25, -0.2) is 4.98 Å². The van der Waals surface area contributed by atoms with Gasteiger partial charge in [-0.15, -0.1) is 0 Å². The highest BCUT2D eigenvalue weighted by Crippen LogP contribution is 2.38. The molecule has 6 nitrogen and oxygen atoms in total. The summed E-state index contributed by atoms with van der Waals surface area (Å²) < 4.78 is 11.4. The fourth-order valence-corrected chi connectivity index (χ4v) is 3.17. The summed E-state index contributed by atoms with van der Waals surface area (Å²) in [7, 11) is 0. The van der Waals surface area contributed by atoms with Crippen molar-refractivity contribution in [1.82, 2.24) is 9.97 Å². The van der Waals surface area contributed by atoms with Crippen molar-refractivity contribution in [3.05, 3.63) is 70.9 Å². The highest BCUT2D eigenvalue weighted by Gasteiger charge is 2.39. The quantitative estimate of drug-likeness (QED) is 0.467. The average molecular weight is 330 g/mol. The van der Waals surface area contributed by atoms with Crippen LogP contribution in [0.1, 0.15) is 37.9 Å². The molecule has 1 aliphatic carbocycles. The van der Waals surface area contributed by atoms with E-state index in [1.165, 1.54) is 6.20 Å². The zero-order valence-electron chi connectivity index (χ0n) is 13.1. The van der Waals surface area contributed by atoms with Crippen molar-refractivity contribution in [3.63, 3.8) is 0 Å². The number of aryl methyl sites for hydroxylation is 1. The molecule has 120 valence electrons. The molecule has 0 aliphatic heterocycles. The maximum atomic E-state index is 12.9. The van der Waals surface area contributed by atoms with Crippen molar-refractivity contribution in [1.29, 1.82) is 0 Å². The van der Waals surface area contributed by atoms with Gasteiger partial charge in [-0.05, 0) is 31.2 Å². The SMILES string of the molecule is Cc1oc2c(c1-c1nc3ccccc3o1)C(=O)c1ncccc1C2=O. The van der Waals surface area contributed by atoms with E-state index in [0.717, 1.165) is 0 Å². The summed E-state index contributed by atoms with van der Waals surface area (Å²) in [6.07, 6.45) is 1.49. The Kier molecular flexibility index (Phi) is 2.62. The van der Waals surface area contributed by atoms with Gasteiger partial charge in [0, 0.05) is 6.20 Å². The molecule has 0 bridgehead atoms. The number of carbonyl (C=O) groups excluding carboxylic acids is 2. The van der Waals surface area contributed by atoms with Gasteiger partial charge in [0.1, 0.15) is 17.0 Å². The fraction of sp³-hybridized carbons (Fsp3) is 0.0526. The molecule has 5 rings (SSSR count). The first-order chi connectivity index (χ1) is 12.1. The predicted molar refractivity (Wildman–Crippen MR) is 87.6 cm³/mol. The number of benzene rings is 1. The van der Waals surface area contributed by atoms with Gasteiger partial charge in [0.15, 0.2) is 11.3 Å². The van der Waals surface area contributed by atoms with Crippen LogP contribution >= 0.6 is 0 Å². The number of carbonyl (C=O) groups is 2. The molecule has 6 heteroatoms. The number of pyridine rings is 1. The van der Waals surface area contributed by atoms with Crippen LogP contribution in [-0.4, -0.2) is 21.5 Å². The molecule has 4 aromatic rings. The van der Waals surface area contributed by atoms with Crippen LogP contribution in [-0.2, 0) is 0 Å². The van der Waals surface area contributed by atoms with E-state index >= 15 is 0 Å². The Hall–Kier alpha value is -3.54. The van der Waals surface area contributed by atoms with Crippen molar-refractivity contribution < 1.29 is 18.4 Å². The van der Waals surface area contributed by atoms with E-state index in [1.54, 1.807) is 25.1 Å². The summed E-state index contributed by atoms with van der Waals surface area (Å²) in [6.45, 7) is 1.68. The molecule has 0 fully saturated rings. The van der Waals surface area contributed by atoms with Gasteiger partial charge < -0.3 is 8.83 Å². The fourth-order valence-electron chi connectivity index (χ4n) is 3.17. The van der Waals surface area contributed by atoms with Crippen LogP contribution in [0.3, 0.4) is 0 Å². The smallest absolute Gasteiger partial charge is 0.231 e. The van der Waals surface area contributed by atoms with Crippen molar-refractivity contribution >= 4 is 22.7 Å². The lowest BCUT2D eigenvalue weighted by Gasteiger charge is -2.11. The maximum Gasteiger partial charge on any atom is 0.231 e. The molecule has 0 saturated carbocycles. The molecular weight excluding hydrogens is 320 g/mol. The van der Waals surface area contributed by atoms with E-state index in [9.17, 15) is 9.59 Å². The van der Waals surface area contributed by atoms with Gasteiger partial charge >= 0.3 is 0 Å². The second-order valence-electron chi connectivity index (χ2n) is 5.78. The van der Waals surface area contributed by atoms with Crippen molar-refractivity contribution in [2.24, 2.45) is 0 Å². The van der Waals surface area contributed by atoms with Gasteiger partial charge in [0.25, 0.3) is 0 Å². The first-order valence-electron chi connectivity index (χ1n) is 7.69. The number of oxazole rings is 1. The molecule has 0 saturated heterocycles. The van der Waals surface area contributed by atoms with Crippen molar-refractivity contribution in [3.8, 4) is 11.5 Å². The van der Waals surface area contributed by atoms with Crippen LogP contribution in [0.2, 0.25) is 0 Å². The second-order valence-corrected chi connectivity index (χ2v) is 5.78. The van der Waals surface area contributed by atoms with Crippen molar-refractivity contribution in [2.45, 2.75) is 6.92 Å². The largest absolute Gasteiger partial charge is 0.456 e. The molecule has 1 aliphatic rings. The monoisotopic (exact) mass is 330 g/mol. The first kappa shape index (κ1) is 13.9. The molecule has 1 aromatic carbocycles. The Labute approximate surface area is 141 Å². The molecule has 3 aromatic heterocycles. The lowest BCUT2D eigenvalue weighted by atomic mass is 9.90. The number of nitrogens with zero attached hydrogens (tertiary/aromatic N) is 2. The Bertz CT molecular complexity index is 1170. The normalized spacial score (nSPS) is 13.2. The zero-order chi connectivity index (χ0) is 17.1. The zero-order valence-corrected chi connectivity index (χ0v) is 13.1. The summed E-state index contributed by atoms with van der Waals surface area (Å²) >= 11 is 0. The number of hydrogen-bond acceptors (Lipinski definition) is 6. The summed E-state index contributed by atoms with van der Waals surface area (Å²) in [4.78, 5) is 34.1. The summed E-state index contributed by atoms with van der Waals surface area (Å²) in [6, 6.07) is 10.5. The Morgan fingerprint density at radius 1 is 0.920 bits per heavy atom. The van der Waals surface area contributed by atoms with Gasteiger partial charge in [-0.1, -0.05) is 12.1 Å². The van der Waals surface area contributed by atoms with Gasteiger partial charge in [-0.3, -0.25) is 14.6 Å². The van der Waals surface area contributed by atoms with Gasteiger partial charge in [0.05, 0.1) is 16.7 Å². The molecule has 0 amide bonds. The number of aromatic nitrogens is 2. The molecule has 0 spiro atoms. The van der Waals surface area contributed by atoms with E-state index in [1.807, 2.05) is 18.2 Å². The van der Waals surface area contributed by atoms with Crippen molar-refractivity contribution in [2.75, 3.05) is 0 Å². The van der Waals surface area contributed by atoms with Crippen LogP contribution < -0.4 is 0 Å². The highest BCUT2D eigenvalue weighted by atomic mass is 16.4. The predicted octanol–water partition coefficient (Wildman–Crippen LogP) is 3.57. The topological polar surface area (TPSA) is 86.2 Å². The molecule has 25 heavy (non-hydrogen) atoms. The number of fused-ring (bicyclic) bond motifs is 3. The highest BCUT2D eigenvalue weighted by molar-refractivity contribution is 6.28. The number of ketones is 2. The van der Waals surface area contributed by atoms with Gasteiger partial charge in [-0.2, -0.15) is 0 Å². The third kappa shape index (κ3) is 1.79. The maximum absolute atomic E-state index is 12.9. The van der Waals surface area contributed by atoms with Crippen LogP contribution in [0.4, 0.5) is 0 Å². The third-order valence-corrected chi connectivity index (χ3v) is 4.29. The minimum absolute atomic E-state index is 0.0141. The minimum Gasteiger partial charge on any atom is -0.456 e. The molecular formula is C19H10N2O4. The first-order valence-corrected chi connectivity index (χ1v) is 7.69. The lowest BCUT2D eigenvalue weighted by molar-refractivity contribution is 0.0956. The van der Waals surface area contributed by atoms with Gasteiger partial charge in [0.2, 0.25) is 17.5 Å². The van der Waals surface area contributed by atoms with E-state index < -0.39 is 0 Å². The number of rotatable bonds is 1. The Morgan fingerprint density at radius 2 is 1.76 bits per heavy atom. The minimum atomic E-state index is -0.362. The molecule has 0 N–H and O–H groups in total. The van der Waals surface area contributed by atoms with Crippen LogP contribution in [0, 0.1) is 6.92 Å². The van der Waals surface area contributed by atoms with E-state index in [-0.39, 0.29) is 40.0 Å². The summed E-state index contributed by atoms with van der Waals surface area (Å²) in [5.74, 6) is -0.0435. The van der Waals surface area contributed by atoms with E-state index in [4.69, 9.17) is 8.83 Å². The van der Waals surface area contributed by atoms with E-state index in [0.29, 0.717) is 22.4 Å². The van der Waals surface area contributed by atoms with Crippen LogP contribution in [0.5, 0.6) is 0 Å². The molecule has 0 unspecified atom stereocenters.